The van der Waals surface area contributed by atoms with E-state index in [0.717, 1.165) is 49.8 Å². The van der Waals surface area contributed by atoms with Crippen molar-refractivity contribution in [3.8, 4) is 11.5 Å². The molecule has 0 radical (unpaired) electrons. The molecule has 12 nitrogen and oxygen atoms in total. The molecule has 1 saturated heterocycles. The first-order chi connectivity index (χ1) is 28.0. The number of alkyl halides is 3. The van der Waals surface area contributed by atoms with Crippen molar-refractivity contribution in [1.82, 2.24) is 4.90 Å². The fourth-order valence-electron chi connectivity index (χ4n) is 8.75. The normalized spacial score (nSPS) is 23.8. The fraction of sp³-hybridized carbons (Fsp3) is 0.682. The van der Waals surface area contributed by atoms with Gasteiger partial charge in [-0.05, 0) is 90.1 Å². The summed E-state index contributed by atoms with van der Waals surface area (Å²) in [6.07, 6.45) is 15.0. The van der Waals surface area contributed by atoms with Crippen LogP contribution in [0, 0.1) is 0 Å². The number of esters is 3. The van der Waals surface area contributed by atoms with Gasteiger partial charge in [-0.3, -0.25) is 4.79 Å². The lowest BCUT2D eigenvalue weighted by Gasteiger charge is -2.61. The summed E-state index contributed by atoms with van der Waals surface area (Å²) in [5.74, 6) is -3.40. The Balaban J connectivity index is 0.00000101. The van der Waals surface area contributed by atoms with Gasteiger partial charge in [0.25, 0.3) is 0 Å². The Morgan fingerprint density at radius 3 is 2.14 bits per heavy atom. The number of aliphatic hydroxyl groups is 1. The van der Waals surface area contributed by atoms with Crippen LogP contribution in [0.5, 0.6) is 11.5 Å². The van der Waals surface area contributed by atoms with Crippen molar-refractivity contribution >= 4 is 23.9 Å². The van der Waals surface area contributed by atoms with Crippen LogP contribution >= 0.6 is 0 Å². The molecule has 4 aliphatic rings. The number of methoxy groups -OCH3 is 1. The molecule has 2 heterocycles. The van der Waals surface area contributed by atoms with Crippen LogP contribution in [0.2, 0.25) is 0 Å². The zero-order valence-corrected chi connectivity index (χ0v) is 35.1. The van der Waals surface area contributed by atoms with Crippen molar-refractivity contribution < 1.29 is 66.2 Å². The maximum atomic E-state index is 13.3. The van der Waals surface area contributed by atoms with Crippen LogP contribution in [0.4, 0.5) is 13.2 Å². The summed E-state index contributed by atoms with van der Waals surface area (Å²) in [5, 5.41) is 19.5. The Bertz CT molecular complexity index is 1680. The molecule has 2 aliphatic heterocycles. The maximum Gasteiger partial charge on any atom is 0.490 e. The lowest BCUT2D eigenvalue weighted by atomic mass is 9.50. The number of rotatable bonds is 21. The second kappa shape index (κ2) is 21.4. The fourth-order valence-corrected chi connectivity index (χ4v) is 8.75. The number of benzene rings is 1. The van der Waals surface area contributed by atoms with Gasteiger partial charge in [-0.1, -0.05) is 76.5 Å². The number of allylic oxidation sites excluding steroid dienone is 2. The maximum absolute atomic E-state index is 13.3. The first kappa shape index (κ1) is 47.6. The minimum absolute atomic E-state index is 0.131. The number of ether oxygens (including phenoxy) is 5. The van der Waals surface area contributed by atoms with E-state index in [4.69, 9.17) is 33.6 Å². The average Bonchev–Trinajstić information content (AvgIpc) is 3.54. The first-order valence-corrected chi connectivity index (χ1v) is 21.1. The lowest BCUT2D eigenvalue weighted by molar-refractivity contribution is -0.192. The molecule has 6 atom stereocenters. The van der Waals surface area contributed by atoms with Gasteiger partial charge in [0.15, 0.2) is 29.8 Å². The largest absolute Gasteiger partial charge is 0.493 e. The number of carboxylic acid groups (broad SMARTS) is 1. The number of hydrogen-bond donors (Lipinski definition) is 2. The van der Waals surface area contributed by atoms with E-state index in [1.165, 1.54) is 58.8 Å². The van der Waals surface area contributed by atoms with Crippen molar-refractivity contribution in [3.63, 3.8) is 0 Å². The standard InChI is InChI=1S/C42H61NO9.C2HF3O2/c1-6-7-8-9-10-11-12-13-14-15-16-17-18-19-20-21-35(44)49-29(2)39(45)50-30(3)40(46)51-33-24-25-42(47)34-28-31-22-23-32(48-5)37-36(31)41(42,38(33)52-37)26-27-43(34)4;3-2(4,5)1(6)7/h13-14,22-24,29-30,34,38,47H,6-12,15-21,25-28H2,1-5H3;(H,6,7)/b14-13-;/t29?,30?,34-,38+,41+,42-;/m1./s1. The molecule has 15 heteroatoms. The van der Waals surface area contributed by atoms with Crippen molar-refractivity contribution in [3.05, 3.63) is 47.2 Å². The van der Waals surface area contributed by atoms with Crippen LogP contribution < -0.4 is 9.47 Å². The van der Waals surface area contributed by atoms with Crippen molar-refractivity contribution in [2.24, 2.45) is 0 Å². The predicted molar refractivity (Wildman–Crippen MR) is 212 cm³/mol. The molecule has 0 saturated carbocycles. The summed E-state index contributed by atoms with van der Waals surface area (Å²) < 4.78 is 60.5. The van der Waals surface area contributed by atoms with Gasteiger partial charge in [-0.25, -0.2) is 14.4 Å². The average molecular weight is 838 g/mol. The predicted octanol–water partition coefficient (Wildman–Crippen LogP) is 8.05. The molecular weight excluding hydrogens is 775 g/mol. The van der Waals surface area contributed by atoms with Gasteiger partial charge in [0, 0.05) is 24.4 Å². The Kier molecular flexibility index (Phi) is 17.3. The Morgan fingerprint density at radius 1 is 0.932 bits per heavy atom. The molecule has 5 rings (SSSR count). The second-order valence-electron chi connectivity index (χ2n) is 16.1. The summed E-state index contributed by atoms with van der Waals surface area (Å²) in [6, 6.07) is 3.79. The van der Waals surface area contributed by atoms with Crippen molar-refractivity contribution in [2.45, 2.75) is 171 Å². The molecule has 0 amide bonds. The second-order valence-corrected chi connectivity index (χ2v) is 16.1. The molecule has 1 aromatic rings. The molecule has 0 aromatic heterocycles. The molecule has 2 unspecified atom stereocenters. The van der Waals surface area contributed by atoms with Gasteiger partial charge in [-0.15, -0.1) is 0 Å². The lowest BCUT2D eigenvalue weighted by Crippen LogP contribution is -2.74. The Hall–Kier alpha value is -4.11. The number of likely N-dealkylation sites (N-methyl/N-ethyl adjacent to an activating group) is 1. The first-order valence-electron chi connectivity index (χ1n) is 21.1. The van der Waals surface area contributed by atoms with Crippen LogP contribution in [-0.2, 0) is 45.2 Å². The summed E-state index contributed by atoms with van der Waals surface area (Å²) in [5.41, 5.74) is 0.0723. The van der Waals surface area contributed by atoms with E-state index in [0.29, 0.717) is 30.8 Å². The molecule has 2 bridgehead atoms. The van der Waals surface area contributed by atoms with Gasteiger partial charge in [0.1, 0.15) is 5.76 Å². The van der Waals surface area contributed by atoms with E-state index in [1.807, 2.05) is 19.2 Å². The summed E-state index contributed by atoms with van der Waals surface area (Å²) >= 11 is 0. The minimum Gasteiger partial charge on any atom is -0.493 e. The SMILES string of the molecule is CCCCCCCC/C=C\CCCCCCCC(=O)OC(C)C(=O)OC(C)C(=O)OC1=CC[C@@]2(O)[C@H]3Cc4ccc(OC)c5c4[C@@]2(CCN3C)[C@H]1O5.O=C(O)C(F)(F)F. The number of piperidine rings is 1. The van der Waals surface area contributed by atoms with Gasteiger partial charge in [0.05, 0.1) is 18.1 Å². The topological polar surface area (TPSA) is 158 Å². The van der Waals surface area contributed by atoms with Crippen molar-refractivity contribution in [1.29, 1.82) is 0 Å². The highest BCUT2D eigenvalue weighted by Crippen LogP contribution is 2.65. The number of likely N-dealkylation sites (tertiary alicyclic amines) is 1. The molecule has 1 fully saturated rings. The van der Waals surface area contributed by atoms with Gasteiger partial charge >= 0.3 is 30.1 Å². The number of nitrogens with zero attached hydrogens (tertiary/aromatic N) is 1. The van der Waals surface area contributed by atoms with Crippen LogP contribution in [0.25, 0.3) is 0 Å². The van der Waals surface area contributed by atoms with Crippen molar-refractivity contribution in [2.75, 3.05) is 20.7 Å². The highest BCUT2D eigenvalue weighted by atomic mass is 19.4. The minimum atomic E-state index is -5.08. The van der Waals surface area contributed by atoms with Crippen LogP contribution in [0.15, 0.2) is 36.1 Å². The summed E-state index contributed by atoms with van der Waals surface area (Å²) in [4.78, 5) is 49.6. The molecule has 2 aliphatic carbocycles. The van der Waals surface area contributed by atoms with Gasteiger partial charge in [0.2, 0.25) is 0 Å². The molecule has 1 spiro atoms. The number of halogens is 3. The van der Waals surface area contributed by atoms with E-state index in [9.17, 15) is 32.7 Å². The molecule has 1 aromatic carbocycles. The third-order valence-corrected chi connectivity index (χ3v) is 11.9. The summed E-state index contributed by atoms with van der Waals surface area (Å²) in [6.45, 7) is 5.86. The van der Waals surface area contributed by atoms with Gasteiger partial charge < -0.3 is 38.8 Å². The third-order valence-electron chi connectivity index (χ3n) is 11.9. The van der Waals surface area contributed by atoms with E-state index < -0.39 is 59.4 Å². The monoisotopic (exact) mass is 837 g/mol. The number of unbranched alkanes of at least 4 members (excludes halogenated alkanes) is 11. The smallest absolute Gasteiger partial charge is 0.490 e. The van der Waals surface area contributed by atoms with Crippen LogP contribution in [-0.4, -0.2) is 95.8 Å². The van der Waals surface area contributed by atoms with E-state index in [-0.39, 0.29) is 24.6 Å². The van der Waals surface area contributed by atoms with E-state index in [1.54, 1.807) is 13.2 Å². The van der Waals surface area contributed by atoms with E-state index in [2.05, 4.69) is 24.0 Å². The zero-order chi connectivity index (χ0) is 43.4. The Morgan fingerprint density at radius 2 is 1.53 bits per heavy atom. The molecule has 2 N–H and O–H groups in total. The number of carbonyl (C=O) groups is 4. The number of carbonyl (C=O) groups excluding carboxylic acids is 3. The molecule has 330 valence electrons. The van der Waals surface area contributed by atoms with Gasteiger partial charge in [-0.2, -0.15) is 13.2 Å². The number of aliphatic carboxylic acids is 1. The highest BCUT2D eigenvalue weighted by molar-refractivity contribution is 5.83. The summed E-state index contributed by atoms with van der Waals surface area (Å²) in [7, 11) is 3.61. The van der Waals surface area contributed by atoms with E-state index >= 15 is 0 Å². The quantitative estimate of drug-likeness (QED) is 0.0532. The van der Waals surface area contributed by atoms with Crippen LogP contribution in [0.1, 0.15) is 135 Å². The number of hydrogen-bond acceptors (Lipinski definition) is 11. The van der Waals surface area contributed by atoms with Crippen LogP contribution in [0.3, 0.4) is 0 Å². The Labute approximate surface area is 345 Å². The highest BCUT2D eigenvalue weighted by Gasteiger charge is 2.72. The number of carboxylic acids is 1. The zero-order valence-electron chi connectivity index (χ0n) is 35.1. The molecular formula is C44H62F3NO11. The molecule has 59 heavy (non-hydrogen) atoms. The third kappa shape index (κ3) is 11.4.